The van der Waals surface area contributed by atoms with Crippen LogP contribution in [0.3, 0.4) is 0 Å². The Bertz CT molecular complexity index is 1990. The predicted octanol–water partition coefficient (Wildman–Crippen LogP) is 11.5. The van der Waals surface area contributed by atoms with Crippen molar-refractivity contribution in [3.8, 4) is 11.1 Å². The highest BCUT2D eigenvalue weighted by Gasteiger charge is 2.39. The Morgan fingerprint density at radius 3 is 1.23 bits per heavy atom. The number of fused-ring (bicyclic) bond motifs is 4. The average molecular weight is 614 g/mol. The summed E-state index contributed by atoms with van der Waals surface area (Å²) < 4.78 is 0. The van der Waals surface area contributed by atoms with Gasteiger partial charge in [0.15, 0.2) is 0 Å². The van der Waals surface area contributed by atoms with Crippen LogP contribution in [0, 0.1) is 10.1 Å². The third-order valence-electron chi connectivity index (χ3n) is 10.1. The maximum atomic E-state index is 11.9. The molecule has 8 rings (SSSR count). The minimum atomic E-state index is -0.327. The van der Waals surface area contributed by atoms with E-state index >= 15 is 0 Å². The van der Waals surface area contributed by atoms with Gasteiger partial charge in [0, 0.05) is 34.3 Å². The van der Waals surface area contributed by atoms with Gasteiger partial charge in [0.1, 0.15) is 0 Å². The van der Waals surface area contributed by atoms with Gasteiger partial charge in [-0.25, -0.2) is 0 Å². The zero-order valence-electron chi connectivity index (χ0n) is 26.9. The molecule has 5 nitrogen and oxygen atoms in total. The summed E-state index contributed by atoms with van der Waals surface area (Å²) in [6.07, 6.45) is 0. The van der Waals surface area contributed by atoms with Gasteiger partial charge in [0.2, 0.25) is 0 Å². The summed E-state index contributed by atoms with van der Waals surface area (Å²) in [4.78, 5) is 16.3. The Morgan fingerprint density at radius 1 is 0.468 bits per heavy atom. The van der Waals surface area contributed by atoms with Gasteiger partial charge < -0.3 is 9.80 Å². The summed E-state index contributed by atoms with van der Waals surface area (Å²) in [6, 6.07) is 48.1. The third kappa shape index (κ3) is 4.38. The van der Waals surface area contributed by atoms with Crippen molar-refractivity contribution in [1.82, 2.24) is 0 Å². The molecule has 0 saturated carbocycles. The summed E-state index contributed by atoms with van der Waals surface area (Å²) in [7, 11) is 0. The molecule has 2 aliphatic rings. The van der Waals surface area contributed by atoms with Gasteiger partial charge in [0.05, 0.1) is 27.7 Å². The molecule has 5 heteroatoms. The highest BCUT2D eigenvalue weighted by atomic mass is 16.6. The molecule has 0 aromatic heterocycles. The Labute approximate surface area is 275 Å². The van der Waals surface area contributed by atoms with Crippen LogP contribution in [0.5, 0.6) is 0 Å². The van der Waals surface area contributed by atoms with Gasteiger partial charge >= 0.3 is 0 Å². The van der Waals surface area contributed by atoms with E-state index in [4.69, 9.17) is 0 Å². The topological polar surface area (TPSA) is 49.6 Å². The molecular weight excluding hydrogens is 578 g/mol. The number of non-ortho nitro benzene ring substituents is 1. The van der Waals surface area contributed by atoms with Crippen molar-refractivity contribution in [3.63, 3.8) is 0 Å². The van der Waals surface area contributed by atoms with E-state index in [2.05, 4.69) is 153 Å². The number of anilines is 6. The molecule has 0 amide bonds. The zero-order valence-corrected chi connectivity index (χ0v) is 26.9. The lowest BCUT2D eigenvalue weighted by Crippen LogP contribution is -2.31. The summed E-state index contributed by atoms with van der Waals surface area (Å²) in [6.45, 7) is 9.15. The number of benzene rings is 6. The van der Waals surface area contributed by atoms with Gasteiger partial charge in [-0.05, 0) is 75.8 Å². The number of rotatable bonds is 4. The Hall–Kier alpha value is -5.68. The van der Waals surface area contributed by atoms with Crippen molar-refractivity contribution >= 4 is 39.8 Å². The van der Waals surface area contributed by atoms with Crippen molar-refractivity contribution in [3.05, 3.63) is 172 Å². The summed E-state index contributed by atoms with van der Waals surface area (Å²) in [5, 5.41) is 11.9. The van der Waals surface area contributed by atoms with E-state index in [-0.39, 0.29) is 21.4 Å². The van der Waals surface area contributed by atoms with Gasteiger partial charge in [-0.2, -0.15) is 0 Å². The van der Waals surface area contributed by atoms with Crippen LogP contribution in [0.2, 0.25) is 0 Å². The van der Waals surface area contributed by atoms with Gasteiger partial charge in [-0.15, -0.1) is 0 Å². The van der Waals surface area contributed by atoms with E-state index in [0.29, 0.717) is 0 Å². The molecule has 0 radical (unpaired) electrons. The molecular formula is C42H35N3O2. The highest BCUT2D eigenvalue weighted by molar-refractivity contribution is 5.93. The minimum Gasteiger partial charge on any atom is -0.310 e. The van der Waals surface area contributed by atoms with Crippen LogP contribution in [0.15, 0.2) is 140 Å². The highest BCUT2D eigenvalue weighted by Crippen LogP contribution is 2.55. The van der Waals surface area contributed by atoms with Crippen molar-refractivity contribution in [2.24, 2.45) is 0 Å². The van der Waals surface area contributed by atoms with E-state index in [1.165, 1.54) is 22.3 Å². The molecule has 0 atom stereocenters. The average Bonchev–Trinajstić information content (AvgIpc) is 3.09. The van der Waals surface area contributed by atoms with E-state index in [9.17, 15) is 10.1 Å². The maximum Gasteiger partial charge on any atom is 0.270 e. The van der Waals surface area contributed by atoms with Crippen molar-refractivity contribution < 1.29 is 4.92 Å². The molecule has 2 heterocycles. The first kappa shape index (κ1) is 28.8. The van der Waals surface area contributed by atoms with Crippen LogP contribution in [0.25, 0.3) is 11.1 Å². The van der Waals surface area contributed by atoms with E-state index in [1.807, 2.05) is 6.07 Å². The Kier molecular flexibility index (Phi) is 6.38. The molecule has 2 aliphatic heterocycles. The van der Waals surface area contributed by atoms with Crippen LogP contribution >= 0.6 is 0 Å². The molecule has 47 heavy (non-hydrogen) atoms. The first-order valence-corrected chi connectivity index (χ1v) is 16.0. The molecule has 0 aliphatic carbocycles. The lowest BCUT2D eigenvalue weighted by Gasteiger charge is -2.43. The largest absolute Gasteiger partial charge is 0.310 e. The molecule has 6 aromatic carbocycles. The number of hydrogen-bond acceptors (Lipinski definition) is 4. The van der Waals surface area contributed by atoms with E-state index in [0.717, 1.165) is 45.3 Å². The molecule has 0 bridgehead atoms. The van der Waals surface area contributed by atoms with Crippen molar-refractivity contribution in [1.29, 1.82) is 0 Å². The molecule has 0 spiro atoms. The smallest absolute Gasteiger partial charge is 0.270 e. The fourth-order valence-corrected chi connectivity index (χ4v) is 7.71. The number of nitro benzene ring substituents is 1. The van der Waals surface area contributed by atoms with Gasteiger partial charge in [0.25, 0.3) is 5.69 Å². The molecule has 0 unspecified atom stereocenters. The second-order valence-electron chi connectivity index (χ2n) is 13.5. The first-order chi connectivity index (χ1) is 22.7. The number of nitrogens with zero attached hydrogens (tertiary/aromatic N) is 3. The summed E-state index contributed by atoms with van der Waals surface area (Å²) >= 11 is 0. The number of nitro groups is 1. The Morgan fingerprint density at radius 2 is 0.851 bits per heavy atom. The fourth-order valence-electron chi connectivity index (χ4n) is 7.71. The van der Waals surface area contributed by atoms with Crippen LogP contribution in [-0.2, 0) is 10.8 Å². The molecule has 0 fully saturated rings. The van der Waals surface area contributed by atoms with E-state index in [1.54, 1.807) is 18.2 Å². The van der Waals surface area contributed by atoms with Crippen LogP contribution < -0.4 is 9.80 Å². The number of para-hydroxylation sites is 4. The molecule has 6 aromatic rings. The van der Waals surface area contributed by atoms with Gasteiger partial charge in [-0.3, -0.25) is 10.1 Å². The standard InChI is InChI=1S/C42H35N3O2/c1-41(2)33-16-5-9-20-37(33)43(38-21-10-6-17-34(38)41)31-25-29(28-14-13-15-30(24-28)45(46)47)26-32(27-31)44-39-22-11-7-18-35(39)42(3,4)36-19-8-12-23-40(36)44/h5-27H,1-4H3. The summed E-state index contributed by atoms with van der Waals surface area (Å²) in [5.74, 6) is 0. The van der Waals surface area contributed by atoms with E-state index < -0.39 is 0 Å². The van der Waals surface area contributed by atoms with Crippen LogP contribution in [0.1, 0.15) is 49.9 Å². The van der Waals surface area contributed by atoms with Crippen LogP contribution in [0.4, 0.5) is 39.8 Å². The van der Waals surface area contributed by atoms with Gasteiger partial charge in [-0.1, -0.05) is 113 Å². The van der Waals surface area contributed by atoms with Crippen molar-refractivity contribution in [2.75, 3.05) is 9.80 Å². The lowest BCUT2D eigenvalue weighted by atomic mass is 9.73. The lowest BCUT2D eigenvalue weighted by molar-refractivity contribution is -0.384. The van der Waals surface area contributed by atoms with Crippen molar-refractivity contribution in [2.45, 2.75) is 38.5 Å². The summed E-state index contributed by atoms with van der Waals surface area (Å²) in [5.41, 5.74) is 12.8. The third-order valence-corrected chi connectivity index (χ3v) is 10.1. The quantitative estimate of drug-likeness (QED) is 0.147. The Balaban J connectivity index is 1.44. The maximum absolute atomic E-state index is 11.9. The first-order valence-electron chi connectivity index (χ1n) is 16.0. The normalized spacial score (nSPS) is 15.2. The SMILES string of the molecule is CC1(C)c2ccccc2N(c2cc(-c3cccc([N+](=O)[O-])c3)cc(N3c4ccccc4C(C)(C)c4ccccc43)c2)c2ccccc21. The molecule has 0 saturated heterocycles. The second-order valence-corrected chi connectivity index (χ2v) is 13.5. The van der Waals surface area contributed by atoms with Crippen LogP contribution in [-0.4, -0.2) is 4.92 Å². The molecule has 0 N–H and O–H groups in total. The predicted molar refractivity (Wildman–Crippen MR) is 192 cm³/mol. The molecule has 230 valence electrons. The zero-order chi connectivity index (χ0) is 32.5. The fraction of sp³-hybridized carbons (Fsp3) is 0.143. The second kappa shape index (κ2) is 10.4. The number of hydrogen-bond donors (Lipinski definition) is 0. The monoisotopic (exact) mass is 613 g/mol. The minimum absolute atomic E-state index is 0.0697.